The van der Waals surface area contributed by atoms with Gasteiger partial charge in [-0.1, -0.05) is 29.8 Å². The van der Waals surface area contributed by atoms with Crippen molar-refractivity contribution in [3.05, 3.63) is 59.4 Å². The van der Waals surface area contributed by atoms with Gasteiger partial charge in [0.1, 0.15) is 30.0 Å². The summed E-state index contributed by atoms with van der Waals surface area (Å²) >= 11 is 6.41. The topological polar surface area (TPSA) is 74.9 Å². The first kappa shape index (κ1) is 32.6. The van der Waals surface area contributed by atoms with Crippen molar-refractivity contribution in [2.45, 2.75) is 69.8 Å². The minimum absolute atomic E-state index is 0.0338. The van der Waals surface area contributed by atoms with E-state index in [1.807, 2.05) is 0 Å². The summed E-state index contributed by atoms with van der Waals surface area (Å²) in [5.74, 6) is -1.11. The van der Waals surface area contributed by atoms with Gasteiger partial charge in [-0.2, -0.15) is 9.97 Å². The largest absolute Gasteiger partial charge is 0.461 e. The Balaban J connectivity index is 1.31. The summed E-state index contributed by atoms with van der Waals surface area (Å²) in [5.41, 5.74) is -0.583. The number of hydrogen-bond acceptors (Lipinski definition) is 7. The smallest absolute Gasteiger partial charge is 0.410 e. The fraction of sp³-hybridized carbons (Fsp3) is 0.486. The Kier molecular flexibility index (Phi) is 8.30. The van der Waals surface area contributed by atoms with Gasteiger partial charge in [-0.25, -0.2) is 13.6 Å². The molecule has 3 aliphatic rings. The van der Waals surface area contributed by atoms with Crippen LogP contribution in [0.15, 0.2) is 42.6 Å². The van der Waals surface area contributed by atoms with Crippen LogP contribution in [0.2, 0.25) is 5.02 Å². The van der Waals surface area contributed by atoms with E-state index in [-0.39, 0.29) is 41.0 Å². The predicted molar refractivity (Wildman–Crippen MR) is 177 cm³/mol. The summed E-state index contributed by atoms with van der Waals surface area (Å²) < 4.78 is 60.1. The maximum absolute atomic E-state index is 16.8. The summed E-state index contributed by atoms with van der Waals surface area (Å²) in [4.78, 5) is 27.5. The van der Waals surface area contributed by atoms with Crippen molar-refractivity contribution < 1.29 is 32.0 Å². The lowest BCUT2D eigenvalue weighted by molar-refractivity contribution is -0.624. The van der Waals surface area contributed by atoms with E-state index in [0.717, 1.165) is 38.8 Å². The number of carbonyl (C=O) groups is 1. The number of pyridine rings is 1. The predicted octanol–water partition coefficient (Wildman–Crippen LogP) is 6.39. The van der Waals surface area contributed by atoms with Gasteiger partial charge < -0.3 is 19.3 Å². The Labute approximate surface area is 282 Å². The Bertz CT molecular complexity index is 1900. The minimum Gasteiger partial charge on any atom is -0.461 e. The number of likely N-dealkylation sites (tertiary alicyclic amines) is 1. The van der Waals surface area contributed by atoms with Gasteiger partial charge in [-0.05, 0) is 71.0 Å². The number of aromatic nitrogens is 3. The molecule has 48 heavy (non-hydrogen) atoms. The van der Waals surface area contributed by atoms with Gasteiger partial charge in [-0.3, -0.25) is 4.90 Å². The standard InChI is InChI=1S/C35H39ClF3N6O3/c1-34(2,3)48-33(46)43-18-24(38)26(19-43)42(4)31-22-12-17-45(25-9-5-8-21-10-11-23(37)28(36)27(21)25)30(39)29(22)40-32(41-31)47-20-35-13-6-15-44(35)16-7-14-35/h5,8-12,17,24,26H,6-7,13-16,18-20H2,1-4H3/q+1/t24-,26-/m1/s1. The quantitative estimate of drug-likeness (QED) is 0.172. The van der Waals surface area contributed by atoms with Crippen molar-refractivity contribution in [2.24, 2.45) is 0 Å². The highest BCUT2D eigenvalue weighted by molar-refractivity contribution is 6.36. The van der Waals surface area contributed by atoms with E-state index < -0.39 is 35.7 Å². The molecule has 2 aromatic carbocycles. The zero-order valence-corrected chi connectivity index (χ0v) is 28.2. The molecule has 13 heteroatoms. The molecule has 0 radical (unpaired) electrons. The van der Waals surface area contributed by atoms with E-state index in [9.17, 15) is 9.18 Å². The number of rotatable bonds is 6. The molecule has 0 saturated carbocycles. The molecule has 2 aromatic heterocycles. The normalized spacial score (nSPS) is 20.9. The van der Waals surface area contributed by atoms with Gasteiger partial charge in [-0.15, -0.1) is 8.96 Å². The monoisotopic (exact) mass is 683 g/mol. The second-order valence-corrected chi connectivity index (χ2v) is 14.5. The van der Waals surface area contributed by atoms with Gasteiger partial charge in [0.25, 0.3) is 0 Å². The van der Waals surface area contributed by atoms with Crippen molar-refractivity contribution in [1.29, 1.82) is 0 Å². The fourth-order valence-corrected chi connectivity index (χ4v) is 7.76. The van der Waals surface area contributed by atoms with Gasteiger partial charge in [0, 0.05) is 25.7 Å². The van der Waals surface area contributed by atoms with Crippen LogP contribution >= 0.6 is 11.6 Å². The molecule has 7 rings (SSSR count). The second-order valence-electron chi connectivity index (χ2n) is 14.1. The average Bonchev–Trinajstić information content (AvgIpc) is 3.75. The van der Waals surface area contributed by atoms with Gasteiger partial charge in [0.2, 0.25) is 5.69 Å². The number of alkyl halides is 1. The highest BCUT2D eigenvalue weighted by atomic mass is 35.5. The molecule has 0 bridgehead atoms. The number of ether oxygens (including phenoxy) is 2. The minimum atomic E-state index is -1.42. The summed E-state index contributed by atoms with van der Waals surface area (Å²) in [7, 11) is 1.67. The third-order valence-corrected chi connectivity index (χ3v) is 10.2. The van der Waals surface area contributed by atoms with E-state index in [1.54, 1.807) is 63.1 Å². The lowest BCUT2D eigenvalue weighted by Gasteiger charge is -2.31. The third kappa shape index (κ3) is 5.76. The number of nitrogens with zero attached hydrogens (tertiary/aromatic N) is 6. The van der Waals surface area contributed by atoms with Crippen LogP contribution in [-0.4, -0.2) is 89.0 Å². The van der Waals surface area contributed by atoms with Crippen LogP contribution < -0.4 is 14.2 Å². The van der Waals surface area contributed by atoms with Gasteiger partial charge in [0.15, 0.2) is 11.7 Å². The number of hydrogen-bond donors (Lipinski definition) is 0. The molecule has 5 heterocycles. The van der Waals surface area contributed by atoms with E-state index in [2.05, 4.69) is 9.88 Å². The Morgan fingerprint density at radius 1 is 1.10 bits per heavy atom. The molecule has 0 unspecified atom stereocenters. The van der Waals surface area contributed by atoms with Crippen molar-refractivity contribution in [2.75, 3.05) is 44.7 Å². The number of fused-ring (bicyclic) bond motifs is 3. The second kappa shape index (κ2) is 12.2. The van der Waals surface area contributed by atoms with Crippen molar-refractivity contribution in [3.8, 4) is 11.7 Å². The number of benzene rings is 2. The summed E-state index contributed by atoms with van der Waals surface area (Å²) in [6.45, 7) is 7.51. The van der Waals surface area contributed by atoms with Crippen LogP contribution in [0.4, 0.5) is 23.8 Å². The van der Waals surface area contributed by atoms with Crippen LogP contribution in [0.1, 0.15) is 46.5 Å². The molecule has 4 aromatic rings. The van der Waals surface area contributed by atoms with Crippen molar-refractivity contribution in [3.63, 3.8) is 0 Å². The van der Waals surface area contributed by atoms with Crippen LogP contribution in [0.5, 0.6) is 6.01 Å². The van der Waals surface area contributed by atoms with E-state index in [4.69, 9.17) is 26.1 Å². The zero-order valence-electron chi connectivity index (χ0n) is 27.5. The number of anilines is 1. The Morgan fingerprint density at radius 3 is 2.58 bits per heavy atom. The first-order valence-electron chi connectivity index (χ1n) is 16.4. The summed E-state index contributed by atoms with van der Waals surface area (Å²) in [5, 5.41) is 1.18. The summed E-state index contributed by atoms with van der Waals surface area (Å²) in [6, 6.07) is 8.84. The number of amides is 1. The lowest BCUT2D eigenvalue weighted by atomic mass is 9.95. The van der Waals surface area contributed by atoms with Crippen molar-refractivity contribution in [1.82, 2.24) is 19.8 Å². The molecule has 0 spiro atoms. The average molecular weight is 684 g/mol. The van der Waals surface area contributed by atoms with E-state index in [0.29, 0.717) is 28.5 Å². The molecular formula is C35H39ClF3N6O3+. The fourth-order valence-electron chi connectivity index (χ4n) is 7.49. The number of likely N-dealkylation sites (N-methyl/N-ethyl adjacent to an activating group) is 1. The molecule has 2 atom stereocenters. The maximum Gasteiger partial charge on any atom is 0.410 e. The highest BCUT2D eigenvalue weighted by Crippen LogP contribution is 2.39. The van der Waals surface area contributed by atoms with Crippen LogP contribution in [0.25, 0.3) is 27.4 Å². The van der Waals surface area contributed by atoms with Gasteiger partial charge >= 0.3 is 18.1 Å². The Morgan fingerprint density at radius 2 is 1.85 bits per heavy atom. The van der Waals surface area contributed by atoms with Gasteiger partial charge in [0.05, 0.1) is 33.9 Å². The zero-order chi connectivity index (χ0) is 34.0. The first-order valence-corrected chi connectivity index (χ1v) is 16.7. The number of halogens is 4. The first-order chi connectivity index (χ1) is 22.8. The SMILES string of the molecule is CN(c1nc(OCC23CCCN2CCC3)nc2c(F)[n+](-c3cccc4ccc(F)c(Cl)c34)ccc12)[C@@H]1CN(C(=O)OC(C)(C)C)C[C@H]1F. The molecule has 1 amide bonds. The van der Waals surface area contributed by atoms with Crippen LogP contribution in [0.3, 0.4) is 0 Å². The van der Waals surface area contributed by atoms with Crippen LogP contribution in [-0.2, 0) is 4.74 Å². The molecule has 9 nitrogen and oxygen atoms in total. The number of carbonyl (C=O) groups excluding carboxylic acids is 1. The molecule has 3 aliphatic heterocycles. The Hall–Kier alpha value is -3.90. The van der Waals surface area contributed by atoms with E-state index in [1.165, 1.54) is 21.7 Å². The molecule has 254 valence electrons. The lowest BCUT2D eigenvalue weighted by Crippen LogP contribution is -2.44. The highest BCUT2D eigenvalue weighted by Gasteiger charge is 2.45. The van der Waals surface area contributed by atoms with Crippen LogP contribution in [0, 0.1) is 11.8 Å². The van der Waals surface area contributed by atoms with Crippen molar-refractivity contribution >= 4 is 45.2 Å². The summed E-state index contributed by atoms with van der Waals surface area (Å²) in [6.07, 6.45) is 3.61. The molecule has 0 N–H and O–H groups in total. The van der Waals surface area contributed by atoms with E-state index >= 15 is 8.78 Å². The molecule has 3 saturated heterocycles. The maximum atomic E-state index is 16.8. The molecule has 3 fully saturated rings. The third-order valence-electron chi connectivity index (χ3n) is 9.86. The molecular weight excluding hydrogens is 645 g/mol. The molecule has 0 aliphatic carbocycles.